The number of halogens is 1. The molecule has 1 saturated heterocycles. The van der Waals surface area contributed by atoms with Crippen molar-refractivity contribution < 1.29 is 18.6 Å². The van der Waals surface area contributed by atoms with Crippen LogP contribution in [0.15, 0.2) is 22.7 Å². The van der Waals surface area contributed by atoms with Crippen molar-refractivity contribution in [2.45, 2.75) is 33.0 Å². The quantitative estimate of drug-likeness (QED) is 0.617. The van der Waals surface area contributed by atoms with E-state index in [9.17, 15) is 14.5 Å². The number of anilines is 1. The van der Waals surface area contributed by atoms with E-state index >= 15 is 0 Å². The van der Waals surface area contributed by atoms with Crippen molar-refractivity contribution in [1.29, 1.82) is 0 Å². The number of rotatable bonds is 5. The number of benzene rings is 1. The molecular weight excluding hydrogens is 317 g/mol. The Hall–Kier alpha value is -2.48. The van der Waals surface area contributed by atoms with Gasteiger partial charge in [-0.15, -0.1) is 0 Å². The summed E-state index contributed by atoms with van der Waals surface area (Å²) in [6.07, 6.45) is 0.637. The Morgan fingerprint density at radius 3 is 2.96 bits per heavy atom. The van der Waals surface area contributed by atoms with E-state index in [1.165, 1.54) is 12.1 Å². The average Bonchev–Trinajstić information content (AvgIpc) is 3.12. The van der Waals surface area contributed by atoms with Crippen LogP contribution in [0.1, 0.15) is 23.4 Å². The molecule has 2 aromatic rings. The number of nitro benzene ring substituents is 1. The van der Waals surface area contributed by atoms with E-state index in [2.05, 4.69) is 5.16 Å². The van der Waals surface area contributed by atoms with Crippen LogP contribution < -0.4 is 4.90 Å². The van der Waals surface area contributed by atoms with E-state index in [4.69, 9.17) is 9.26 Å². The van der Waals surface area contributed by atoms with Crippen LogP contribution >= 0.6 is 0 Å². The number of nitro groups is 1. The van der Waals surface area contributed by atoms with E-state index < -0.39 is 10.7 Å². The highest BCUT2D eigenvalue weighted by atomic mass is 19.1. The normalized spacial score (nSPS) is 17.5. The molecule has 1 aliphatic rings. The standard InChI is InChI=1S/C16H18FN3O4/c1-10-14(11(2)24-18-10)9-23-13-5-6-19(8-13)16-7-12(17)3-4-15(16)20(21)22/h3-4,7,13H,5-6,8-9H2,1-2H3/t13-/m0/s1. The lowest BCUT2D eigenvalue weighted by molar-refractivity contribution is -0.384. The van der Waals surface area contributed by atoms with Crippen LogP contribution in [0.5, 0.6) is 0 Å². The molecule has 0 bridgehead atoms. The van der Waals surface area contributed by atoms with Crippen LogP contribution in [-0.2, 0) is 11.3 Å². The molecule has 0 N–H and O–H groups in total. The first-order chi connectivity index (χ1) is 11.5. The second-order valence-electron chi connectivity index (χ2n) is 5.86. The van der Waals surface area contributed by atoms with Gasteiger partial charge in [-0.05, 0) is 26.3 Å². The SMILES string of the molecule is Cc1noc(C)c1CO[C@H]1CCN(c2cc(F)ccc2[N+](=O)[O-])C1. The third-order valence-electron chi connectivity index (χ3n) is 4.26. The zero-order valence-electron chi connectivity index (χ0n) is 13.5. The fourth-order valence-electron chi connectivity index (χ4n) is 2.90. The number of ether oxygens (including phenoxy) is 1. The number of nitrogens with zero attached hydrogens (tertiary/aromatic N) is 3. The minimum Gasteiger partial charge on any atom is -0.371 e. The Bertz CT molecular complexity index is 742. The van der Waals surface area contributed by atoms with E-state index in [1.54, 1.807) is 4.90 Å². The van der Waals surface area contributed by atoms with Gasteiger partial charge >= 0.3 is 0 Å². The third-order valence-corrected chi connectivity index (χ3v) is 4.26. The summed E-state index contributed by atoms with van der Waals surface area (Å²) in [5, 5.41) is 15.0. The predicted octanol–water partition coefficient (Wildman–Crippen LogP) is 3.13. The highest BCUT2D eigenvalue weighted by Crippen LogP contribution is 2.32. The van der Waals surface area contributed by atoms with Gasteiger partial charge in [-0.25, -0.2) is 4.39 Å². The molecule has 0 radical (unpaired) electrons. The lowest BCUT2D eigenvalue weighted by Crippen LogP contribution is -2.23. The summed E-state index contributed by atoms with van der Waals surface area (Å²) in [6, 6.07) is 3.50. The molecule has 1 aromatic carbocycles. The minimum atomic E-state index is -0.493. The number of hydrogen-bond acceptors (Lipinski definition) is 6. The predicted molar refractivity (Wildman–Crippen MR) is 84.4 cm³/mol. The highest BCUT2D eigenvalue weighted by Gasteiger charge is 2.29. The average molecular weight is 335 g/mol. The molecule has 1 aliphatic heterocycles. The molecule has 0 saturated carbocycles. The maximum atomic E-state index is 13.5. The van der Waals surface area contributed by atoms with E-state index in [0.717, 1.165) is 29.5 Å². The number of aromatic nitrogens is 1. The maximum absolute atomic E-state index is 13.5. The number of hydrogen-bond donors (Lipinski definition) is 0. The summed E-state index contributed by atoms with van der Waals surface area (Å²) >= 11 is 0. The van der Waals surface area contributed by atoms with Crippen molar-refractivity contribution in [1.82, 2.24) is 5.16 Å². The summed E-state index contributed by atoms with van der Waals surface area (Å²) in [5.74, 6) is 0.235. The highest BCUT2D eigenvalue weighted by molar-refractivity contribution is 5.63. The molecule has 0 spiro atoms. The first-order valence-corrected chi connectivity index (χ1v) is 7.68. The van der Waals surface area contributed by atoms with Crippen molar-refractivity contribution in [3.8, 4) is 0 Å². The molecule has 7 nitrogen and oxygen atoms in total. The molecule has 0 aliphatic carbocycles. The molecule has 0 unspecified atom stereocenters. The van der Waals surface area contributed by atoms with E-state index in [1.807, 2.05) is 13.8 Å². The van der Waals surface area contributed by atoms with Crippen LogP contribution in [0, 0.1) is 29.8 Å². The van der Waals surface area contributed by atoms with Gasteiger partial charge in [-0.1, -0.05) is 5.16 Å². The minimum absolute atomic E-state index is 0.0819. The summed E-state index contributed by atoms with van der Waals surface area (Å²) in [4.78, 5) is 12.4. The third kappa shape index (κ3) is 3.23. The second kappa shape index (κ2) is 6.56. The Labute approximate surface area is 138 Å². The molecule has 1 atom stereocenters. The molecule has 1 aromatic heterocycles. The monoisotopic (exact) mass is 335 g/mol. The van der Waals surface area contributed by atoms with Crippen molar-refractivity contribution in [2.24, 2.45) is 0 Å². The molecule has 1 fully saturated rings. The first-order valence-electron chi connectivity index (χ1n) is 7.68. The summed E-state index contributed by atoms with van der Waals surface area (Å²) in [6.45, 7) is 5.12. The van der Waals surface area contributed by atoms with Crippen LogP contribution in [0.3, 0.4) is 0 Å². The fraction of sp³-hybridized carbons (Fsp3) is 0.438. The fourth-order valence-corrected chi connectivity index (χ4v) is 2.90. The van der Waals surface area contributed by atoms with Gasteiger partial charge in [0.15, 0.2) is 0 Å². The van der Waals surface area contributed by atoms with Gasteiger partial charge in [0.05, 0.1) is 23.3 Å². The largest absolute Gasteiger partial charge is 0.371 e. The van der Waals surface area contributed by atoms with Gasteiger partial charge in [0.1, 0.15) is 17.3 Å². The van der Waals surface area contributed by atoms with Crippen molar-refractivity contribution in [3.63, 3.8) is 0 Å². The van der Waals surface area contributed by atoms with Gasteiger partial charge in [-0.3, -0.25) is 10.1 Å². The summed E-state index contributed by atoms with van der Waals surface area (Å²) in [7, 11) is 0. The molecule has 2 heterocycles. The molecule has 8 heteroatoms. The molecule has 0 amide bonds. The van der Waals surface area contributed by atoms with E-state index in [-0.39, 0.29) is 11.8 Å². The Kier molecular flexibility index (Phi) is 4.48. The van der Waals surface area contributed by atoms with Crippen LogP contribution in [0.4, 0.5) is 15.8 Å². The second-order valence-corrected chi connectivity index (χ2v) is 5.86. The maximum Gasteiger partial charge on any atom is 0.292 e. The zero-order chi connectivity index (χ0) is 17.3. The van der Waals surface area contributed by atoms with Crippen molar-refractivity contribution in [3.05, 3.63) is 51.1 Å². The van der Waals surface area contributed by atoms with Gasteiger partial charge in [0.2, 0.25) is 0 Å². The van der Waals surface area contributed by atoms with Gasteiger partial charge in [0.25, 0.3) is 5.69 Å². The van der Waals surface area contributed by atoms with Crippen molar-refractivity contribution in [2.75, 3.05) is 18.0 Å². The Morgan fingerprint density at radius 2 is 2.29 bits per heavy atom. The topological polar surface area (TPSA) is 81.6 Å². The lowest BCUT2D eigenvalue weighted by atomic mass is 10.2. The van der Waals surface area contributed by atoms with Gasteiger partial charge < -0.3 is 14.2 Å². The van der Waals surface area contributed by atoms with Gasteiger partial charge in [-0.2, -0.15) is 0 Å². The van der Waals surface area contributed by atoms with Crippen LogP contribution in [-0.4, -0.2) is 29.3 Å². The summed E-state index contributed by atoms with van der Waals surface area (Å²) < 4.78 is 24.5. The lowest BCUT2D eigenvalue weighted by Gasteiger charge is -2.18. The summed E-state index contributed by atoms with van der Waals surface area (Å²) in [5.41, 5.74) is 1.92. The number of aryl methyl sites for hydroxylation is 2. The van der Waals surface area contributed by atoms with Gasteiger partial charge in [0, 0.05) is 30.8 Å². The smallest absolute Gasteiger partial charge is 0.292 e. The molecule has 128 valence electrons. The zero-order valence-corrected chi connectivity index (χ0v) is 13.5. The molecule has 3 rings (SSSR count). The molecular formula is C16H18FN3O4. The van der Waals surface area contributed by atoms with Crippen LogP contribution in [0.25, 0.3) is 0 Å². The van der Waals surface area contributed by atoms with Crippen LogP contribution in [0.2, 0.25) is 0 Å². The Morgan fingerprint density at radius 1 is 1.50 bits per heavy atom. The first kappa shape index (κ1) is 16.4. The van der Waals surface area contributed by atoms with Crippen molar-refractivity contribution >= 4 is 11.4 Å². The molecule has 24 heavy (non-hydrogen) atoms. The Balaban J connectivity index is 1.68. The van der Waals surface area contributed by atoms with E-state index in [0.29, 0.717) is 25.4 Å².